The van der Waals surface area contributed by atoms with E-state index < -0.39 is 31.6 Å². The fraction of sp³-hybridized carbons (Fsp3) is 0.409. The van der Waals surface area contributed by atoms with Crippen LogP contribution in [0.15, 0.2) is 58.3 Å². The standard InChI is InChI=1S/C22H27FN2O5S2/c1-3-21(16-6-10-19(11-7-16)31(2,27)28)24-22(26)17-5-4-14-25(15-17)32(29,30)20-12-8-18(23)9-13-20/h6-13,17,21H,3-5,14-15H2,1-2H3,(H,24,26)/t17-,21+/m1/s1. The minimum Gasteiger partial charge on any atom is -0.349 e. The Morgan fingerprint density at radius 3 is 2.22 bits per heavy atom. The van der Waals surface area contributed by atoms with Crippen LogP contribution in [0.2, 0.25) is 0 Å². The van der Waals surface area contributed by atoms with Gasteiger partial charge >= 0.3 is 0 Å². The lowest BCUT2D eigenvalue weighted by molar-refractivity contribution is -0.126. The van der Waals surface area contributed by atoms with Gasteiger partial charge in [-0.25, -0.2) is 21.2 Å². The molecule has 1 saturated heterocycles. The van der Waals surface area contributed by atoms with Gasteiger partial charge in [-0.1, -0.05) is 19.1 Å². The van der Waals surface area contributed by atoms with E-state index in [0.29, 0.717) is 25.8 Å². The van der Waals surface area contributed by atoms with Crippen molar-refractivity contribution >= 4 is 25.8 Å². The van der Waals surface area contributed by atoms with Crippen LogP contribution in [0.5, 0.6) is 0 Å². The summed E-state index contributed by atoms with van der Waals surface area (Å²) in [5, 5.41) is 2.97. The maximum absolute atomic E-state index is 13.2. The Morgan fingerprint density at radius 2 is 1.66 bits per heavy atom. The van der Waals surface area contributed by atoms with Crippen molar-refractivity contribution in [2.24, 2.45) is 5.92 Å². The molecule has 1 aliphatic heterocycles. The SMILES string of the molecule is CC[C@H](NC(=O)[C@@H]1CCCN(S(=O)(=O)c2ccc(F)cc2)C1)c1ccc(S(C)(=O)=O)cc1. The Morgan fingerprint density at radius 1 is 1.06 bits per heavy atom. The number of carbonyl (C=O) groups excluding carboxylic acids is 1. The highest BCUT2D eigenvalue weighted by atomic mass is 32.2. The third-order valence-corrected chi connectivity index (χ3v) is 8.65. The Hall–Kier alpha value is -2.30. The highest BCUT2D eigenvalue weighted by Crippen LogP contribution is 2.26. The Labute approximate surface area is 188 Å². The molecule has 1 amide bonds. The van der Waals surface area contributed by atoms with Crippen molar-refractivity contribution in [1.82, 2.24) is 9.62 Å². The summed E-state index contributed by atoms with van der Waals surface area (Å²) in [5.41, 5.74) is 0.778. The molecule has 2 aromatic carbocycles. The number of sulfone groups is 1. The predicted octanol–water partition coefficient (Wildman–Crippen LogP) is 2.90. The molecular formula is C22H27FN2O5S2. The quantitative estimate of drug-likeness (QED) is 0.654. The van der Waals surface area contributed by atoms with Crippen LogP contribution in [0.1, 0.15) is 37.8 Å². The van der Waals surface area contributed by atoms with E-state index in [4.69, 9.17) is 0 Å². The number of nitrogens with one attached hydrogen (secondary N) is 1. The number of nitrogens with zero attached hydrogens (tertiary/aromatic N) is 1. The molecule has 0 aliphatic carbocycles. The van der Waals surface area contributed by atoms with E-state index in [1.807, 2.05) is 6.92 Å². The fourth-order valence-corrected chi connectivity index (χ4v) is 5.94. The molecule has 7 nitrogen and oxygen atoms in total. The number of halogens is 1. The van der Waals surface area contributed by atoms with Crippen molar-refractivity contribution in [1.29, 1.82) is 0 Å². The van der Waals surface area contributed by atoms with Gasteiger partial charge < -0.3 is 5.32 Å². The van der Waals surface area contributed by atoms with Gasteiger partial charge in [-0.15, -0.1) is 0 Å². The van der Waals surface area contributed by atoms with Crippen LogP contribution in [0.4, 0.5) is 4.39 Å². The normalized spacial score (nSPS) is 18.8. The smallest absolute Gasteiger partial charge is 0.243 e. The molecule has 0 spiro atoms. The van der Waals surface area contributed by atoms with Gasteiger partial charge in [-0.2, -0.15) is 4.31 Å². The summed E-state index contributed by atoms with van der Waals surface area (Å²) in [6.07, 6.45) is 2.83. The molecule has 0 radical (unpaired) electrons. The van der Waals surface area contributed by atoms with Crippen molar-refractivity contribution < 1.29 is 26.0 Å². The van der Waals surface area contributed by atoms with Crippen LogP contribution in [0.25, 0.3) is 0 Å². The number of hydrogen-bond donors (Lipinski definition) is 1. The average molecular weight is 483 g/mol. The molecule has 32 heavy (non-hydrogen) atoms. The summed E-state index contributed by atoms with van der Waals surface area (Å²) in [7, 11) is -7.13. The predicted molar refractivity (Wildman–Crippen MR) is 119 cm³/mol. The molecule has 2 aromatic rings. The molecule has 0 aromatic heterocycles. The number of amides is 1. The van der Waals surface area contributed by atoms with E-state index in [9.17, 15) is 26.0 Å². The van der Waals surface area contributed by atoms with Crippen LogP contribution >= 0.6 is 0 Å². The van der Waals surface area contributed by atoms with E-state index in [2.05, 4.69) is 5.32 Å². The lowest BCUT2D eigenvalue weighted by Gasteiger charge is -2.32. The maximum atomic E-state index is 13.2. The van der Waals surface area contributed by atoms with Gasteiger partial charge in [0.1, 0.15) is 5.82 Å². The van der Waals surface area contributed by atoms with E-state index >= 15 is 0 Å². The summed E-state index contributed by atoms with van der Waals surface area (Å²) < 4.78 is 63.6. The zero-order chi connectivity index (χ0) is 23.5. The third kappa shape index (κ3) is 5.54. The van der Waals surface area contributed by atoms with Crippen molar-refractivity contribution in [3.63, 3.8) is 0 Å². The Balaban J connectivity index is 1.70. The van der Waals surface area contributed by atoms with E-state index in [1.165, 1.54) is 28.6 Å². The number of benzene rings is 2. The van der Waals surface area contributed by atoms with Crippen molar-refractivity contribution in [3.05, 3.63) is 59.9 Å². The van der Waals surface area contributed by atoms with Gasteiger partial charge in [0.05, 0.1) is 21.8 Å². The van der Waals surface area contributed by atoms with E-state index in [0.717, 1.165) is 24.0 Å². The molecule has 2 atom stereocenters. The highest BCUT2D eigenvalue weighted by molar-refractivity contribution is 7.90. The molecule has 1 N–H and O–H groups in total. The van der Waals surface area contributed by atoms with Crippen LogP contribution in [0.3, 0.4) is 0 Å². The third-order valence-electron chi connectivity index (χ3n) is 5.64. The zero-order valence-electron chi connectivity index (χ0n) is 18.0. The van der Waals surface area contributed by atoms with Gasteiger partial charge in [0.2, 0.25) is 15.9 Å². The molecule has 1 aliphatic rings. The van der Waals surface area contributed by atoms with Crippen molar-refractivity contribution in [2.45, 2.75) is 42.0 Å². The maximum Gasteiger partial charge on any atom is 0.243 e. The Bertz CT molecular complexity index is 1160. The first kappa shape index (κ1) is 24.3. The first-order valence-corrected chi connectivity index (χ1v) is 13.7. The molecule has 0 saturated carbocycles. The molecule has 0 unspecified atom stereocenters. The number of rotatable bonds is 7. The number of carbonyl (C=O) groups is 1. The summed E-state index contributed by atoms with van der Waals surface area (Å²) in [6, 6.07) is 10.7. The fourth-order valence-electron chi connectivity index (χ4n) is 3.79. The number of hydrogen-bond acceptors (Lipinski definition) is 5. The molecule has 1 fully saturated rings. The molecule has 0 bridgehead atoms. The van der Waals surface area contributed by atoms with Crippen LogP contribution in [-0.2, 0) is 24.7 Å². The monoisotopic (exact) mass is 482 g/mol. The van der Waals surface area contributed by atoms with E-state index in [-0.39, 0.29) is 28.3 Å². The van der Waals surface area contributed by atoms with Crippen LogP contribution in [0, 0.1) is 11.7 Å². The van der Waals surface area contributed by atoms with Crippen molar-refractivity contribution in [2.75, 3.05) is 19.3 Å². The largest absolute Gasteiger partial charge is 0.349 e. The van der Waals surface area contributed by atoms with Gasteiger partial charge in [0.15, 0.2) is 9.84 Å². The van der Waals surface area contributed by atoms with Crippen molar-refractivity contribution in [3.8, 4) is 0 Å². The van der Waals surface area contributed by atoms with Gasteiger partial charge in [0, 0.05) is 19.3 Å². The lowest BCUT2D eigenvalue weighted by atomic mass is 9.97. The molecule has 10 heteroatoms. The number of sulfonamides is 1. The molecule has 174 valence electrons. The second-order valence-corrected chi connectivity index (χ2v) is 11.9. The summed E-state index contributed by atoms with van der Waals surface area (Å²) in [5.74, 6) is -1.28. The van der Waals surface area contributed by atoms with E-state index in [1.54, 1.807) is 12.1 Å². The first-order chi connectivity index (χ1) is 15.0. The lowest BCUT2D eigenvalue weighted by Crippen LogP contribution is -2.46. The number of piperidine rings is 1. The zero-order valence-corrected chi connectivity index (χ0v) is 19.6. The summed E-state index contributed by atoms with van der Waals surface area (Å²) in [6.45, 7) is 2.25. The summed E-state index contributed by atoms with van der Waals surface area (Å²) >= 11 is 0. The van der Waals surface area contributed by atoms with Gasteiger partial charge in [-0.05, 0) is 61.2 Å². The highest BCUT2D eigenvalue weighted by Gasteiger charge is 2.34. The Kier molecular flexibility index (Phi) is 7.36. The van der Waals surface area contributed by atoms with Crippen LogP contribution in [-0.4, -0.2) is 46.4 Å². The van der Waals surface area contributed by atoms with Gasteiger partial charge in [0.25, 0.3) is 0 Å². The first-order valence-electron chi connectivity index (χ1n) is 10.4. The second kappa shape index (κ2) is 9.68. The molecule has 3 rings (SSSR count). The minimum absolute atomic E-state index is 0.00245. The average Bonchev–Trinajstić information content (AvgIpc) is 2.77. The van der Waals surface area contributed by atoms with Crippen LogP contribution < -0.4 is 5.32 Å². The molecule has 1 heterocycles. The summed E-state index contributed by atoms with van der Waals surface area (Å²) in [4.78, 5) is 13.1. The topological polar surface area (TPSA) is 101 Å². The van der Waals surface area contributed by atoms with Gasteiger partial charge in [-0.3, -0.25) is 4.79 Å². The second-order valence-electron chi connectivity index (χ2n) is 7.97. The minimum atomic E-state index is -3.82. The molecular weight excluding hydrogens is 455 g/mol.